The van der Waals surface area contributed by atoms with Crippen LogP contribution in [0.25, 0.3) is 0 Å². The number of aliphatic hydroxyl groups is 3. The molecule has 4 rings (SSSR count). The maximum absolute atomic E-state index is 13.5. The number of methoxy groups -OCH3 is 1. The molecule has 17 heteroatoms. The number of amides is 2. The van der Waals surface area contributed by atoms with E-state index in [-0.39, 0.29) is 38.6 Å². The number of rotatable bonds is 18. The highest BCUT2D eigenvalue weighted by atomic mass is 16.6. The van der Waals surface area contributed by atoms with Crippen LogP contribution in [0.2, 0.25) is 0 Å². The number of alkyl carbamates (subject to hydrolysis) is 1. The van der Waals surface area contributed by atoms with Crippen LogP contribution < -0.4 is 31.9 Å². The van der Waals surface area contributed by atoms with E-state index in [2.05, 4.69) is 16.0 Å². The standard InChI is InChI=1S/C40H55N5O12/c1-24(2)21-28(43-38(52)55-23-26-11-8-7-9-12-26)35(50)42-19-10-18-41-30(37(51)57-40(3,4)5)31(47)34-32(48)33(49)36(56-34)44-20-17-29(46)45(39(44)53)22-25-13-15-27(54-6)16-14-25/h7-9,11-17,20,24,28,30-34,36,41,47-49H,10,18-19,21-23H2,1-6H3,(H,42,50)(H,43,52)/t28-,30+,31-,32+,33-,34?,36-/m1/s1. The van der Waals surface area contributed by atoms with Crippen molar-refractivity contribution in [3.8, 4) is 5.75 Å². The van der Waals surface area contributed by atoms with E-state index < -0.39 is 77.5 Å². The molecule has 1 aromatic heterocycles. The number of hydrogen-bond acceptors (Lipinski definition) is 13. The summed E-state index contributed by atoms with van der Waals surface area (Å²) in [4.78, 5) is 65.3. The molecule has 2 amide bonds. The predicted molar refractivity (Wildman–Crippen MR) is 207 cm³/mol. The number of nitrogens with zero attached hydrogens (tertiary/aromatic N) is 2. The molecule has 57 heavy (non-hydrogen) atoms. The third kappa shape index (κ3) is 12.7. The van der Waals surface area contributed by atoms with Crippen molar-refractivity contribution in [3.05, 3.63) is 98.8 Å². The molecule has 0 spiro atoms. The lowest BCUT2D eigenvalue weighted by Crippen LogP contribution is -2.56. The summed E-state index contributed by atoms with van der Waals surface area (Å²) in [6, 6.07) is 14.6. The molecule has 17 nitrogen and oxygen atoms in total. The summed E-state index contributed by atoms with van der Waals surface area (Å²) in [5, 5.41) is 41.9. The zero-order valence-corrected chi connectivity index (χ0v) is 33.1. The number of ether oxygens (including phenoxy) is 4. The number of benzene rings is 2. The van der Waals surface area contributed by atoms with Gasteiger partial charge in [-0.25, -0.2) is 9.59 Å². The van der Waals surface area contributed by atoms with Gasteiger partial charge < -0.3 is 50.2 Å². The first-order chi connectivity index (χ1) is 27.0. The molecule has 6 N–H and O–H groups in total. The zero-order valence-electron chi connectivity index (χ0n) is 33.1. The van der Waals surface area contributed by atoms with Crippen molar-refractivity contribution in [2.24, 2.45) is 5.92 Å². The number of carbonyl (C=O) groups excluding carboxylic acids is 3. The van der Waals surface area contributed by atoms with Gasteiger partial charge >= 0.3 is 17.8 Å². The van der Waals surface area contributed by atoms with Gasteiger partial charge in [-0.05, 0) is 69.3 Å². The van der Waals surface area contributed by atoms with Crippen molar-refractivity contribution in [3.63, 3.8) is 0 Å². The summed E-state index contributed by atoms with van der Waals surface area (Å²) in [6.45, 7) is 8.85. The van der Waals surface area contributed by atoms with E-state index in [1.807, 2.05) is 44.2 Å². The van der Waals surface area contributed by atoms with Gasteiger partial charge in [0.25, 0.3) is 5.56 Å². The largest absolute Gasteiger partial charge is 0.497 e. The Hall–Kier alpha value is -5.07. The van der Waals surface area contributed by atoms with Crippen molar-refractivity contribution in [2.75, 3.05) is 20.2 Å². The lowest BCUT2D eigenvalue weighted by molar-refractivity contribution is -0.166. The zero-order chi connectivity index (χ0) is 41.9. The smallest absolute Gasteiger partial charge is 0.408 e. The Labute approximate surface area is 330 Å². The summed E-state index contributed by atoms with van der Waals surface area (Å²) >= 11 is 0. The van der Waals surface area contributed by atoms with Crippen molar-refractivity contribution in [1.82, 2.24) is 25.1 Å². The molecule has 3 aromatic rings. The van der Waals surface area contributed by atoms with Crippen molar-refractivity contribution >= 4 is 18.0 Å². The molecule has 0 radical (unpaired) electrons. The third-order valence-corrected chi connectivity index (χ3v) is 9.03. The summed E-state index contributed by atoms with van der Waals surface area (Å²) < 4.78 is 23.7. The van der Waals surface area contributed by atoms with Crippen LogP contribution in [0.4, 0.5) is 4.79 Å². The van der Waals surface area contributed by atoms with Crippen LogP contribution in [0.3, 0.4) is 0 Å². The molecule has 1 aliphatic heterocycles. The Morgan fingerprint density at radius 2 is 1.61 bits per heavy atom. The maximum Gasteiger partial charge on any atom is 0.408 e. The van der Waals surface area contributed by atoms with E-state index >= 15 is 0 Å². The molecule has 0 saturated carbocycles. The fourth-order valence-electron chi connectivity index (χ4n) is 6.17. The summed E-state index contributed by atoms with van der Waals surface area (Å²) in [6.07, 6.45) is -7.44. The topological polar surface area (TPSA) is 229 Å². The first-order valence-corrected chi connectivity index (χ1v) is 18.8. The van der Waals surface area contributed by atoms with E-state index in [4.69, 9.17) is 18.9 Å². The number of esters is 1. The van der Waals surface area contributed by atoms with Crippen LogP contribution in [-0.4, -0.2) is 105 Å². The average Bonchev–Trinajstić information content (AvgIpc) is 3.45. The Morgan fingerprint density at radius 1 is 0.930 bits per heavy atom. The lowest BCUT2D eigenvalue weighted by atomic mass is 9.99. The van der Waals surface area contributed by atoms with Gasteiger partial charge in [-0.2, -0.15) is 0 Å². The minimum absolute atomic E-state index is 0.0416. The summed E-state index contributed by atoms with van der Waals surface area (Å²) in [5.74, 6) is -0.656. The highest BCUT2D eigenvalue weighted by Gasteiger charge is 2.50. The van der Waals surface area contributed by atoms with Crippen LogP contribution in [0, 0.1) is 5.92 Å². The van der Waals surface area contributed by atoms with Gasteiger partial charge in [0, 0.05) is 18.8 Å². The number of aromatic nitrogens is 2. The van der Waals surface area contributed by atoms with Gasteiger partial charge in [-0.1, -0.05) is 56.3 Å². The van der Waals surface area contributed by atoms with E-state index in [1.54, 1.807) is 45.0 Å². The SMILES string of the molecule is COc1ccc(Cn2c(=O)ccn([C@@H]3OC([C@H](O)[C@H](NCCCNC(=O)[C@@H](CC(C)C)NC(=O)OCc4ccccc4)C(=O)OC(C)(C)C)[C@@H](O)[C@H]3O)c2=O)cc1. The minimum atomic E-state index is -1.80. The minimum Gasteiger partial charge on any atom is -0.497 e. The van der Waals surface area contributed by atoms with E-state index in [0.717, 1.165) is 27.0 Å². The summed E-state index contributed by atoms with van der Waals surface area (Å²) in [5.41, 5.74) is -1.01. The average molecular weight is 798 g/mol. The molecule has 0 aliphatic carbocycles. The van der Waals surface area contributed by atoms with Crippen molar-refractivity contribution < 1.29 is 48.7 Å². The molecule has 312 valence electrons. The first-order valence-electron chi connectivity index (χ1n) is 18.8. The van der Waals surface area contributed by atoms with Crippen LogP contribution in [0.5, 0.6) is 5.75 Å². The fraction of sp³-hybridized carbons (Fsp3) is 0.525. The molecular formula is C40H55N5O12. The summed E-state index contributed by atoms with van der Waals surface area (Å²) in [7, 11) is 1.51. The van der Waals surface area contributed by atoms with Gasteiger partial charge in [0.1, 0.15) is 54.5 Å². The third-order valence-electron chi connectivity index (χ3n) is 9.03. The Morgan fingerprint density at radius 3 is 2.25 bits per heavy atom. The molecule has 2 heterocycles. The molecule has 1 unspecified atom stereocenters. The van der Waals surface area contributed by atoms with Crippen LogP contribution in [-0.2, 0) is 37.0 Å². The molecule has 0 bridgehead atoms. The van der Waals surface area contributed by atoms with Crippen molar-refractivity contribution in [1.29, 1.82) is 0 Å². The second-order valence-electron chi connectivity index (χ2n) is 15.2. The fourth-order valence-corrected chi connectivity index (χ4v) is 6.17. The van der Waals surface area contributed by atoms with Crippen LogP contribution >= 0.6 is 0 Å². The second-order valence-corrected chi connectivity index (χ2v) is 15.2. The quantitative estimate of drug-likeness (QED) is 0.0787. The van der Waals surface area contributed by atoms with Crippen LogP contribution in [0.15, 0.2) is 76.4 Å². The van der Waals surface area contributed by atoms with Gasteiger partial charge in [0.15, 0.2) is 6.23 Å². The molecular weight excluding hydrogens is 742 g/mol. The van der Waals surface area contributed by atoms with E-state index in [9.17, 15) is 39.3 Å². The maximum atomic E-state index is 13.5. The molecule has 2 aromatic carbocycles. The number of aliphatic hydroxyl groups excluding tert-OH is 3. The van der Waals surface area contributed by atoms with Gasteiger partial charge in [-0.3, -0.25) is 23.5 Å². The highest BCUT2D eigenvalue weighted by molar-refractivity contribution is 5.85. The number of nitrogens with one attached hydrogen (secondary N) is 3. The predicted octanol–water partition coefficient (Wildman–Crippen LogP) is 1.19. The number of hydrogen-bond donors (Lipinski definition) is 6. The Balaban J connectivity index is 1.40. The van der Waals surface area contributed by atoms with Crippen LogP contribution in [0.1, 0.15) is 64.8 Å². The molecule has 1 fully saturated rings. The first kappa shape index (κ1) is 44.6. The van der Waals surface area contributed by atoms with Crippen molar-refractivity contribution in [2.45, 2.75) is 109 Å². The van der Waals surface area contributed by atoms with Gasteiger partial charge in [0.05, 0.1) is 13.7 Å². The second kappa shape index (κ2) is 20.4. The normalized spacial score (nSPS) is 19.7. The number of carbonyl (C=O) groups is 3. The van der Waals surface area contributed by atoms with E-state index in [1.165, 1.54) is 7.11 Å². The Kier molecular flexibility index (Phi) is 16.0. The molecule has 1 aliphatic rings. The molecule has 7 atom stereocenters. The van der Waals surface area contributed by atoms with Gasteiger partial charge in [-0.15, -0.1) is 0 Å². The monoisotopic (exact) mass is 797 g/mol. The Bertz CT molecular complexity index is 1890. The highest BCUT2D eigenvalue weighted by Crippen LogP contribution is 2.31. The van der Waals surface area contributed by atoms with Gasteiger partial charge in [0.2, 0.25) is 5.91 Å². The lowest BCUT2D eigenvalue weighted by Gasteiger charge is -2.31. The molecule has 1 saturated heterocycles. The van der Waals surface area contributed by atoms with E-state index in [0.29, 0.717) is 17.7 Å².